The molecule has 2 rings (SSSR count). The Labute approximate surface area is 114 Å². The lowest BCUT2D eigenvalue weighted by Gasteiger charge is -2.38. The third-order valence-electron chi connectivity index (χ3n) is 3.40. The molecule has 0 aliphatic carbocycles. The van der Waals surface area contributed by atoms with Crippen molar-refractivity contribution >= 4 is 11.7 Å². The molecule has 0 saturated carbocycles. The van der Waals surface area contributed by atoms with E-state index in [1.54, 1.807) is 16.9 Å². The van der Waals surface area contributed by atoms with Crippen molar-refractivity contribution in [3.8, 4) is 5.75 Å². The second-order valence-corrected chi connectivity index (χ2v) is 4.87. The molecule has 1 N–H and O–H groups in total. The van der Waals surface area contributed by atoms with Gasteiger partial charge in [0, 0.05) is 32.6 Å². The van der Waals surface area contributed by atoms with Crippen LogP contribution < -0.4 is 15.0 Å². The van der Waals surface area contributed by atoms with Crippen LogP contribution in [0, 0.1) is 5.92 Å². The minimum Gasteiger partial charge on any atom is -0.495 e. The number of para-hydroxylation sites is 2. The van der Waals surface area contributed by atoms with E-state index in [0.717, 1.165) is 24.5 Å². The van der Waals surface area contributed by atoms with Crippen molar-refractivity contribution in [1.29, 1.82) is 0 Å². The van der Waals surface area contributed by atoms with Gasteiger partial charge in [-0.2, -0.15) is 0 Å². The Bertz CT molecular complexity index is 450. The van der Waals surface area contributed by atoms with Gasteiger partial charge in [-0.3, -0.25) is 4.90 Å². The number of anilines is 1. The smallest absolute Gasteiger partial charge is 0.324 e. The quantitative estimate of drug-likeness (QED) is 0.893. The van der Waals surface area contributed by atoms with Crippen LogP contribution in [-0.4, -0.2) is 51.8 Å². The molecule has 0 bridgehead atoms. The number of carbonyl (C=O) groups is 1. The maximum Gasteiger partial charge on any atom is 0.324 e. The first-order valence-corrected chi connectivity index (χ1v) is 6.47. The van der Waals surface area contributed by atoms with Crippen LogP contribution in [0.15, 0.2) is 24.3 Å². The highest BCUT2D eigenvalue weighted by atomic mass is 16.5. The summed E-state index contributed by atoms with van der Waals surface area (Å²) < 4.78 is 5.35. The van der Waals surface area contributed by atoms with Crippen LogP contribution in [0.1, 0.15) is 0 Å². The third kappa shape index (κ3) is 2.81. The van der Waals surface area contributed by atoms with Gasteiger partial charge in [-0.1, -0.05) is 12.1 Å². The average Bonchev–Trinajstić information content (AvgIpc) is 2.43. The summed E-state index contributed by atoms with van der Waals surface area (Å²) in [7, 11) is 5.40. The van der Waals surface area contributed by atoms with Gasteiger partial charge in [-0.15, -0.1) is 0 Å². The number of methoxy groups -OCH3 is 1. The van der Waals surface area contributed by atoms with Gasteiger partial charge in [-0.05, 0) is 19.2 Å². The van der Waals surface area contributed by atoms with E-state index in [1.165, 1.54) is 0 Å². The van der Waals surface area contributed by atoms with Crippen molar-refractivity contribution in [1.82, 2.24) is 10.2 Å². The van der Waals surface area contributed by atoms with Gasteiger partial charge in [0.05, 0.1) is 12.8 Å². The molecular formula is C14H21N3O2. The molecular weight excluding hydrogens is 242 g/mol. The lowest BCUT2D eigenvalue weighted by atomic mass is 10.1. The summed E-state index contributed by atoms with van der Waals surface area (Å²) in [5.41, 5.74) is 0.836. The zero-order valence-electron chi connectivity index (χ0n) is 11.7. The van der Waals surface area contributed by atoms with Gasteiger partial charge < -0.3 is 15.0 Å². The molecule has 5 nitrogen and oxygen atoms in total. The Balaban J connectivity index is 2.27. The summed E-state index contributed by atoms with van der Waals surface area (Å²) in [6, 6.07) is 7.66. The summed E-state index contributed by atoms with van der Waals surface area (Å²) in [4.78, 5) is 15.9. The van der Waals surface area contributed by atoms with Crippen LogP contribution in [0.5, 0.6) is 5.75 Å². The van der Waals surface area contributed by atoms with Crippen molar-refractivity contribution in [3.05, 3.63) is 24.3 Å². The first-order chi connectivity index (χ1) is 9.17. The van der Waals surface area contributed by atoms with E-state index in [4.69, 9.17) is 4.74 Å². The predicted octanol–water partition coefficient (Wildman–Crippen LogP) is 1.40. The SMILES string of the molecule is CNCC1CN(C)C(=O)N(c2ccccc2OC)C1. The van der Waals surface area contributed by atoms with Gasteiger partial charge in [0.15, 0.2) is 0 Å². The summed E-state index contributed by atoms with van der Waals surface area (Å²) in [6.07, 6.45) is 0. The van der Waals surface area contributed by atoms with E-state index in [1.807, 2.05) is 38.4 Å². The highest BCUT2D eigenvalue weighted by Gasteiger charge is 2.31. The van der Waals surface area contributed by atoms with Crippen LogP contribution in [0.4, 0.5) is 10.5 Å². The van der Waals surface area contributed by atoms with Gasteiger partial charge in [0.1, 0.15) is 5.75 Å². The molecule has 0 spiro atoms. The summed E-state index contributed by atoms with van der Waals surface area (Å²) in [5, 5.41) is 3.18. The molecule has 1 aromatic rings. The number of carbonyl (C=O) groups excluding carboxylic acids is 1. The molecule has 1 heterocycles. The first-order valence-electron chi connectivity index (χ1n) is 6.47. The van der Waals surface area contributed by atoms with Gasteiger partial charge in [0.2, 0.25) is 0 Å². The molecule has 1 atom stereocenters. The second kappa shape index (κ2) is 5.93. The molecule has 1 saturated heterocycles. The third-order valence-corrected chi connectivity index (χ3v) is 3.40. The van der Waals surface area contributed by atoms with E-state index in [2.05, 4.69) is 5.32 Å². The molecule has 0 aromatic heterocycles. The van der Waals surface area contributed by atoms with E-state index in [0.29, 0.717) is 12.5 Å². The van der Waals surface area contributed by atoms with Gasteiger partial charge in [0.25, 0.3) is 0 Å². The van der Waals surface area contributed by atoms with Crippen LogP contribution in [-0.2, 0) is 0 Å². The molecule has 5 heteroatoms. The van der Waals surface area contributed by atoms with Crippen molar-refractivity contribution < 1.29 is 9.53 Å². The number of benzene rings is 1. The van der Waals surface area contributed by atoms with E-state index < -0.39 is 0 Å². The van der Waals surface area contributed by atoms with Gasteiger partial charge >= 0.3 is 6.03 Å². The number of urea groups is 1. The van der Waals surface area contributed by atoms with Crippen molar-refractivity contribution in [2.75, 3.05) is 45.7 Å². The Hall–Kier alpha value is -1.75. The maximum absolute atomic E-state index is 12.3. The number of hydrogen-bond acceptors (Lipinski definition) is 3. The standard InChI is InChI=1S/C14H21N3O2/c1-15-8-11-9-16(2)14(18)17(10-11)12-6-4-5-7-13(12)19-3/h4-7,11,15H,8-10H2,1-3H3. The molecule has 2 amide bonds. The van der Waals surface area contributed by atoms with Crippen molar-refractivity contribution in [2.45, 2.75) is 0 Å². The first kappa shape index (κ1) is 13.7. The predicted molar refractivity (Wildman–Crippen MR) is 75.8 cm³/mol. The fraction of sp³-hybridized carbons (Fsp3) is 0.500. The molecule has 1 aliphatic heterocycles. The Morgan fingerprint density at radius 3 is 2.79 bits per heavy atom. The number of ether oxygens (including phenoxy) is 1. The summed E-state index contributed by atoms with van der Waals surface area (Å²) >= 11 is 0. The maximum atomic E-state index is 12.3. The normalized spacial score (nSPS) is 19.7. The van der Waals surface area contributed by atoms with Crippen LogP contribution in [0.2, 0.25) is 0 Å². The van der Waals surface area contributed by atoms with E-state index in [-0.39, 0.29) is 6.03 Å². The second-order valence-electron chi connectivity index (χ2n) is 4.87. The topological polar surface area (TPSA) is 44.8 Å². The zero-order valence-corrected chi connectivity index (χ0v) is 11.7. The molecule has 1 fully saturated rings. The van der Waals surface area contributed by atoms with Crippen molar-refractivity contribution in [2.24, 2.45) is 5.92 Å². The van der Waals surface area contributed by atoms with Crippen LogP contribution >= 0.6 is 0 Å². The van der Waals surface area contributed by atoms with Crippen LogP contribution in [0.3, 0.4) is 0 Å². The minimum atomic E-state index is 0.0249. The number of hydrogen-bond donors (Lipinski definition) is 1. The fourth-order valence-corrected chi connectivity index (χ4v) is 2.54. The molecule has 1 aromatic carbocycles. The molecule has 104 valence electrons. The van der Waals surface area contributed by atoms with Gasteiger partial charge in [-0.25, -0.2) is 4.79 Å². The Morgan fingerprint density at radius 1 is 1.37 bits per heavy atom. The lowest BCUT2D eigenvalue weighted by molar-refractivity contribution is 0.192. The number of amides is 2. The monoisotopic (exact) mass is 263 g/mol. The number of nitrogens with one attached hydrogen (secondary N) is 1. The molecule has 0 radical (unpaired) electrons. The van der Waals surface area contributed by atoms with E-state index >= 15 is 0 Å². The number of nitrogens with zero attached hydrogens (tertiary/aromatic N) is 2. The average molecular weight is 263 g/mol. The molecule has 1 unspecified atom stereocenters. The van der Waals surface area contributed by atoms with Crippen LogP contribution in [0.25, 0.3) is 0 Å². The molecule has 1 aliphatic rings. The summed E-state index contributed by atoms with van der Waals surface area (Å²) in [6.45, 7) is 2.39. The minimum absolute atomic E-state index is 0.0249. The highest BCUT2D eigenvalue weighted by Crippen LogP contribution is 2.30. The Kier molecular flexibility index (Phi) is 4.27. The fourth-order valence-electron chi connectivity index (χ4n) is 2.54. The molecule has 19 heavy (non-hydrogen) atoms. The van der Waals surface area contributed by atoms with E-state index in [9.17, 15) is 4.79 Å². The largest absolute Gasteiger partial charge is 0.495 e. The van der Waals surface area contributed by atoms with Crippen molar-refractivity contribution in [3.63, 3.8) is 0 Å². The highest BCUT2D eigenvalue weighted by molar-refractivity contribution is 5.94. The number of rotatable bonds is 4. The Morgan fingerprint density at radius 2 is 2.11 bits per heavy atom. The summed E-state index contributed by atoms with van der Waals surface area (Å²) in [5.74, 6) is 1.15. The lowest BCUT2D eigenvalue weighted by Crippen LogP contribution is -2.54. The zero-order chi connectivity index (χ0) is 13.8.